The number of nitrogens with zero attached hydrogens (tertiary/aromatic N) is 2. The van der Waals surface area contributed by atoms with Crippen LogP contribution in [-0.2, 0) is 25.6 Å². The van der Waals surface area contributed by atoms with E-state index >= 15 is 0 Å². The van der Waals surface area contributed by atoms with E-state index in [4.69, 9.17) is 17.2 Å². The van der Waals surface area contributed by atoms with E-state index < -0.39 is 54.0 Å². The van der Waals surface area contributed by atoms with Gasteiger partial charge in [-0.25, -0.2) is 4.79 Å². The van der Waals surface area contributed by atoms with Crippen molar-refractivity contribution in [2.75, 3.05) is 13.1 Å². The SMILES string of the molecule is CC(O)C(NC(=O)C(Cc1ccc(O)cc1)NC(=O)C(N)CCCN=C(N)N)C(=O)N1CCCC1C(=O)O. The molecular weight excluding hydrogens is 498 g/mol. The number of hydrogen-bond acceptors (Lipinski definition) is 8. The zero-order valence-electron chi connectivity index (χ0n) is 21.2. The van der Waals surface area contributed by atoms with Crippen molar-refractivity contribution in [1.29, 1.82) is 0 Å². The largest absolute Gasteiger partial charge is 0.508 e. The molecule has 14 nitrogen and oxygen atoms in total. The van der Waals surface area contributed by atoms with Crippen LogP contribution in [0.5, 0.6) is 5.75 Å². The number of carbonyl (C=O) groups excluding carboxylic acids is 3. The molecule has 1 heterocycles. The standard InChI is InChI=1S/C24H37N7O7/c1-13(32)19(22(36)31-11-3-5-18(31)23(37)38)30-21(35)17(12-14-6-8-15(33)9-7-14)29-20(34)16(25)4-2-10-28-24(26)27/h6-9,13,16-19,32-33H,2-5,10-12,25H2,1H3,(H,29,34)(H,30,35)(H,37,38)(H4,26,27,28). The van der Waals surface area contributed by atoms with E-state index in [1.807, 2.05) is 0 Å². The summed E-state index contributed by atoms with van der Waals surface area (Å²) in [6.07, 6.45) is 0.0354. The van der Waals surface area contributed by atoms with Gasteiger partial charge in [0.25, 0.3) is 0 Å². The summed E-state index contributed by atoms with van der Waals surface area (Å²) in [5.41, 5.74) is 17.1. The molecule has 38 heavy (non-hydrogen) atoms. The third kappa shape index (κ3) is 8.88. The number of hydrogen-bond donors (Lipinski definition) is 8. The van der Waals surface area contributed by atoms with E-state index in [1.165, 1.54) is 19.1 Å². The average molecular weight is 536 g/mol. The van der Waals surface area contributed by atoms with Crippen molar-refractivity contribution in [3.05, 3.63) is 29.8 Å². The van der Waals surface area contributed by atoms with Gasteiger partial charge in [0.05, 0.1) is 12.1 Å². The summed E-state index contributed by atoms with van der Waals surface area (Å²) in [5, 5.41) is 34.3. The summed E-state index contributed by atoms with van der Waals surface area (Å²) in [6.45, 7) is 1.75. The van der Waals surface area contributed by atoms with Gasteiger partial charge in [0.15, 0.2) is 5.96 Å². The number of rotatable bonds is 13. The summed E-state index contributed by atoms with van der Waals surface area (Å²) in [7, 11) is 0. The van der Waals surface area contributed by atoms with E-state index in [-0.39, 0.29) is 44.1 Å². The summed E-state index contributed by atoms with van der Waals surface area (Å²) < 4.78 is 0. The molecule has 0 saturated carbocycles. The molecule has 1 aromatic rings. The van der Waals surface area contributed by atoms with Crippen LogP contribution in [0.15, 0.2) is 29.3 Å². The normalized spacial score (nSPS) is 18.1. The van der Waals surface area contributed by atoms with Gasteiger partial charge in [0, 0.05) is 19.5 Å². The predicted octanol–water partition coefficient (Wildman–Crippen LogP) is -2.26. The number of nitrogens with one attached hydrogen (secondary N) is 2. The lowest BCUT2D eigenvalue weighted by atomic mass is 10.0. The molecule has 0 bridgehead atoms. The van der Waals surface area contributed by atoms with Crippen molar-refractivity contribution in [3.63, 3.8) is 0 Å². The van der Waals surface area contributed by atoms with Crippen LogP contribution in [-0.4, -0.2) is 93.2 Å². The Bertz CT molecular complexity index is 1010. The molecular formula is C24H37N7O7. The molecule has 0 aliphatic carbocycles. The second kappa shape index (κ2) is 14.1. The van der Waals surface area contributed by atoms with Gasteiger partial charge in [-0.15, -0.1) is 0 Å². The maximum absolute atomic E-state index is 13.3. The smallest absolute Gasteiger partial charge is 0.326 e. The first-order valence-corrected chi connectivity index (χ1v) is 12.3. The molecule has 2 rings (SSSR count). The molecule has 11 N–H and O–H groups in total. The molecule has 5 unspecified atom stereocenters. The van der Waals surface area contributed by atoms with Crippen LogP contribution in [0, 0.1) is 0 Å². The lowest BCUT2D eigenvalue weighted by molar-refractivity contribution is -0.150. The Morgan fingerprint density at radius 2 is 1.79 bits per heavy atom. The van der Waals surface area contributed by atoms with Crippen LogP contribution in [0.4, 0.5) is 0 Å². The molecule has 1 aliphatic heterocycles. The number of guanidine groups is 1. The minimum atomic E-state index is -1.44. The van der Waals surface area contributed by atoms with Crippen molar-refractivity contribution in [3.8, 4) is 5.75 Å². The number of carboxylic acids is 1. The van der Waals surface area contributed by atoms with E-state index in [0.717, 1.165) is 4.90 Å². The highest BCUT2D eigenvalue weighted by molar-refractivity contribution is 5.94. The van der Waals surface area contributed by atoms with E-state index in [0.29, 0.717) is 18.4 Å². The second-order valence-electron chi connectivity index (χ2n) is 9.24. The van der Waals surface area contributed by atoms with Gasteiger partial charge in [-0.1, -0.05) is 12.1 Å². The number of carboxylic acid groups (broad SMARTS) is 1. The third-order valence-electron chi connectivity index (χ3n) is 6.18. The van der Waals surface area contributed by atoms with E-state index in [2.05, 4.69) is 15.6 Å². The van der Waals surface area contributed by atoms with Gasteiger partial charge >= 0.3 is 5.97 Å². The number of aliphatic hydroxyl groups excluding tert-OH is 1. The summed E-state index contributed by atoms with van der Waals surface area (Å²) in [4.78, 5) is 55.7. The highest BCUT2D eigenvalue weighted by Gasteiger charge is 2.40. The average Bonchev–Trinajstić information content (AvgIpc) is 3.35. The van der Waals surface area contributed by atoms with Crippen molar-refractivity contribution in [2.24, 2.45) is 22.2 Å². The number of likely N-dealkylation sites (tertiary alicyclic amines) is 1. The lowest BCUT2D eigenvalue weighted by Gasteiger charge is -2.30. The summed E-state index contributed by atoms with van der Waals surface area (Å²) in [6, 6.07) is 1.31. The predicted molar refractivity (Wildman–Crippen MR) is 138 cm³/mol. The number of carbonyl (C=O) groups is 4. The number of aliphatic hydroxyl groups is 1. The van der Waals surface area contributed by atoms with Crippen LogP contribution < -0.4 is 27.8 Å². The Hall–Kier alpha value is -3.91. The molecule has 14 heteroatoms. The van der Waals surface area contributed by atoms with Gasteiger partial charge in [-0.05, 0) is 50.3 Å². The lowest BCUT2D eigenvalue weighted by Crippen LogP contribution is -2.60. The molecule has 1 aliphatic rings. The first-order valence-electron chi connectivity index (χ1n) is 12.3. The minimum Gasteiger partial charge on any atom is -0.508 e. The van der Waals surface area contributed by atoms with E-state index in [9.17, 15) is 34.5 Å². The highest BCUT2D eigenvalue weighted by Crippen LogP contribution is 2.19. The maximum atomic E-state index is 13.3. The molecule has 0 radical (unpaired) electrons. The number of phenolic OH excluding ortho intramolecular Hbond substituents is 1. The first kappa shape index (κ1) is 30.3. The fraction of sp³-hybridized carbons (Fsp3) is 0.542. The van der Waals surface area contributed by atoms with Crippen molar-refractivity contribution in [1.82, 2.24) is 15.5 Å². The van der Waals surface area contributed by atoms with Crippen LogP contribution in [0.2, 0.25) is 0 Å². The Kier molecular flexibility index (Phi) is 11.3. The van der Waals surface area contributed by atoms with Gasteiger partial charge in [0.2, 0.25) is 17.7 Å². The quantitative estimate of drug-likeness (QED) is 0.0765. The zero-order chi connectivity index (χ0) is 28.4. The van der Waals surface area contributed by atoms with Gasteiger partial charge in [0.1, 0.15) is 23.9 Å². The molecule has 5 atom stereocenters. The van der Waals surface area contributed by atoms with Gasteiger partial charge in [-0.2, -0.15) is 0 Å². The number of amides is 3. The highest BCUT2D eigenvalue weighted by atomic mass is 16.4. The maximum Gasteiger partial charge on any atom is 0.326 e. The van der Waals surface area contributed by atoms with Crippen LogP contribution in [0.1, 0.15) is 38.2 Å². The number of nitrogens with two attached hydrogens (primary N) is 3. The molecule has 0 aromatic heterocycles. The second-order valence-corrected chi connectivity index (χ2v) is 9.24. The number of benzene rings is 1. The fourth-order valence-corrected chi connectivity index (χ4v) is 4.11. The zero-order valence-corrected chi connectivity index (χ0v) is 21.2. The monoisotopic (exact) mass is 535 g/mol. The Labute approximate surface area is 220 Å². The summed E-state index contributed by atoms with van der Waals surface area (Å²) in [5.74, 6) is -3.37. The molecule has 1 saturated heterocycles. The van der Waals surface area contributed by atoms with Crippen molar-refractivity contribution in [2.45, 2.75) is 69.3 Å². The topological polar surface area (TPSA) is 247 Å². The Balaban J connectivity index is 2.18. The fourth-order valence-electron chi connectivity index (χ4n) is 4.11. The Morgan fingerprint density at radius 1 is 1.13 bits per heavy atom. The van der Waals surface area contributed by atoms with Gasteiger partial charge < -0.3 is 48.1 Å². The third-order valence-corrected chi connectivity index (χ3v) is 6.18. The molecule has 1 fully saturated rings. The molecule has 0 spiro atoms. The number of aliphatic imine (C=N–C) groups is 1. The van der Waals surface area contributed by atoms with Gasteiger partial charge in [-0.3, -0.25) is 19.4 Å². The molecule has 210 valence electrons. The minimum absolute atomic E-state index is 0.0131. The summed E-state index contributed by atoms with van der Waals surface area (Å²) >= 11 is 0. The van der Waals surface area contributed by atoms with Crippen LogP contribution >= 0.6 is 0 Å². The van der Waals surface area contributed by atoms with Crippen LogP contribution in [0.25, 0.3) is 0 Å². The van der Waals surface area contributed by atoms with Crippen LogP contribution in [0.3, 0.4) is 0 Å². The number of aliphatic carboxylic acids is 1. The molecule has 1 aromatic carbocycles. The Morgan fingerprint density at radius 3 is 2.37 bits per heavy atom. The number of phenols is 1. The van der Waals surface area contributed by atoms with Crippen molar-refractivity contribution >= 4 is 29.7 Å². The van der Waals surface area contributed by atoms with E-state index in [1.54, 1.807) is 12.1 Å². The number of aromatic hydroxyl groups is 1. The first-order chi connectivity index (χ1) is 17.9. The van der Waals surface area contributed by atoms with Crippen molar-refractivity contribution < 1.29 is 34.5 Å². The molecule has 3 amide bonds.